The number of benzene rings is 1. The third-order valence-corrected chi connectivity index (χ3v) is 2.11. The van der Waals surface area contributed by atoms with E-state index in [4.69, 9.17) is 5.73 Å². The number of carbonyl (C=O) groups is 1. The molecule has 1 aromatic rings. The Balaban J connectivity index is 0.00000106. The van der Waals surface area contributed by atoms with Crippen molar-refractivity contribution >= 4 is 5.91 Å². The van der Waals surface area contributed by atoms with E-state index in [2.05, 4.69) is 0 Å². The fourth-order valence-electron chi connectivity index (χ4n) is 1.21. The smallest absolute Gasteiger partial charge is 0.253 e. The predicted molar refractivity (Wildman–Crippen MR) is 68.5 cm³/mol. The van der Waals surface area contributed by atoms with E-state index in [0.29, 0.717) is 18.7 Å². The van der Waals surface area contributed by atoms with Crippen LogP contribution in [0.2, 0.25) is 0 Å². The van der Waals surface area contributed by atoms with Gasteiger partial charge in [-0.3, -0.25) is 4.79 Å². The lowest BCUT2D eigenvalue weighted by Gasteiger charge is -2.15. The summed E-state index contributed by atoms with van der Waals surface area (Å²) < 4.78 is 0. The number of amides is 1. The van der Waals surface area contributed by atoms with Gasteiger partial charge in [-0.15, -0.1) is 0 Å². The minimum absolute atomic E-state index is 0.0236. The van der Waals surface area contributed by atoms with E-state index in [1.807, 2.05) is 45.0 Å². The topological polar surface area (TPSA) is 46.3 Å². The van der Waals surface area contributed by atoms with Crippen molar-refractivity contribution in [3.8, 4) is 0 Å². The van der Waals surface area contributed by atoms with Gasteiger partial charge in [0, 0.05) is 25.7 Å². The van der Waals surface area contributed by atoms with E-state index >= 15 is 0 Å². The molecule has 0 bridgehead atoms. The monoisotopic (exact) mass is 222 g/mol. The van der Waals surface area contributed by atoms with Crippen LogP contribution in [-0.4, -0.2) is 30.9 Å². The minimum Gasteiger partial charge on any atom is -0.340 e. The average Bonchev–Trinajstić information content (AvgIpc) is 2.32. The first-order valence-electron chi connectivity index (χ1n) is 5.67. The highest BCUT2D eigenvalue weighted by Crippen LogP contribution is 2.05. The Kier molecular flexibility index (Phi) is 7.21. The molecule has 0 atom stereocenters. The fourth-order valence-corrected chi connectivity index (χ4v) is 1.21. The van der Waals surface area contributed by atoms with Crippen LogP contribution >= 0.6 is 0 Å². The summed E-state index contributed by atoms with van der Waals surface area (Å²) in [5, 5.41) is 0. The van der Waals surface area contributed by atoms with Crippen LogP contribution in [0.3, 0.4) is 0 Å². The molecule has 0 aliphatic rings. The van der Waals surface area contributed by atoms with Crippen LogP contribution in [0.1, 0.15) is 29.8 Å². The summed E-state index contributed by atoms with van der Waals surface area (Å²) in [6, 6.07) is 7.54. The maximum absolute atomic E-state index is 11.7. The quantitative estimate of drug-likeness (QED) is 0.850. The Bertz CT molecular complexity index is 306. The van der Waals surface area contributed by atoms with E-state index in [9.17, 15) is 4.79 Å². The Morgan fingerprint density at radius 2 is 1.75 bits per heavy atom. The number of carbonyl (C=O) groups excluding carboxylic acids is 1. The van der Waals surface area contributed by atoms with Crippen LogP contribution < -0.4 is 5.73 Å². The van der Waals surface area contributed by atoms with Gasteiger partial charge in [0.25, 0.3) is 5.91 Å². The first-order chi connectivity index (χ1) is 7.65. The molecule has 90 valence electrons. The van der Waals surface area contributed by atoms with Gasteiger partial charge >= 0.3 is 0 Å². The molecule has 1 amide bonds. The molecule has 0 aliphatic carbocycles. The maximum Gasteiger partial charge on any atom is 0.253 e. The van der Waals surface area contributed by atoms with Gasteiger partial charge in [0.15, 0.2) is 0 Å². The zero-order valence-electron chi connectivity index (χ0n) is 10.7. The molecule has 3 heteroatoms. The number of likely N-dealkylation sites (N-methyl/N-ethyl adjacent to an activating group) is 1. The second-order valence-electron chi connectivity index (χ2n) is 3.38. The molecule has 0 fully saturated rings. The zero-order chi connectivity index (χ0) is 12.6. The van der Waals surface area contributed by atoms with Crippen LogP contribution in [0.4, 0.5) is 0 Å². The van der Waals surface area contributed by atoms with Crippen molar-refractivity contribution in [2.75, 3.05) is 20.1 Å². The van der Waals surface area contributed by atoms with Gasteiger partial charge < -0.3 is 10.6 Å². The van der Waals surface area contributed by atoms with Crippen molar-refractivity contribution in [2.24, 2.45) is 5.73 Å². The molecule has 0 aliphatic heterocycles. The van der Waals surface area contributed by atoms with Gasteiger partial charge in [-0.25, -0.2) is 0 Å². The number of nitrogens with two attached hydrogens (primary N) is 1. The lowest BCUT2D eigenvalue weighted by molar-refractivity contribution is 0.0799. The second kappa shape index (κ2) is 7.88. The molecule has 0 saturated heterocycles. The number of aryl methyl sites for hydroxylation is 1. The van der Waals surface area contributed by atoms with Gasteiger partial charge in [-0.1, -0.05) is 31.5 Å². The van der Waals surface area contributed by atoms with Gasteiger partial charge in [-0.05, 0) is 19.1 Å². The highest BCUT2D eigenvalue weighted by atomic mass is 16.2. The molecule has 0 aromatic heterocycles. The first-order valence-corrected chi connectivity index (χ1v) is 5.67. The zero-order valence-corrected chi connectivity index (χ0v) is 10.7. The molecular formula is C13H22N2O. The summed E-state index contributed by atoms with van der Waals surface area (Å²) in [7, 11) is 1.76. The van der Waals surface area contributed by atoms with Crippen molar-refractivity contribution in [1.82, 2.24) is 4.90 Å². The molecule has 16 heavy (non-hydrogen) atoms. The summed E-state index contributed by atoms with van der Waals surface area (Å²) in [6.45, 7) is 7.08. The summed E-state index contributed by atoms with van der Waals surface area (Å²) in [6.07, 6.45) is 0. The fraction of sp³-hybridized carbons (Fsp3) is 0.462. The highest BCUT2D eigenvalue weighted by molar-refractivity contribution is 5.94. The Hall–Kier alpha value is -1.35. The summed E-state index contributed by atoms with van der Waals surface area (Å²) in [5.74, 6) is 0.0236. The standard InChI is InChI=1S/C11H16N2O.C2H6/c1-9-3-5-10(6-4-9)11(14)13(2)8-7-12;1-2/h3-6H,7-8,12H2,1-2H3;1-2H3. The second-order valence-corrected chi connectivity index (χ2v) is 3.38. The summed E-state index contributed by atoms with van der Waals surface area (Å²) >= 11 is 0. The Morgan fingerprint density at radius 3 is 2.19 bits per heavy atom. The molecule has 1 rings (SSSR count). The molecule has 0 heterocycles. The molecule has 0 radical (unpaired) electrons. The van der Waals surface area contributed by atoms with E-state index < -0.39 is 0 Å². The molecular weight excluding hydrogens is 200 g/mol. The van der Waals surface area contributed by atoms with Crippen molar-refractivity contribution in [1.29, 1.82) is 0 Å². The average molecular weight is 222 g/mol. The molecule has 2 N–H and O–H groups in total. The molecule has 3 nitrogen and oxygen atoms in total. The van der Waals surface area contributed by atoms with E-state index in [-0.39, 0.29) is 5.91 Å². The van der Waals surface area contributed by atoms with E-state index in [1.54, 1.807) is 11.9 Å². The number of nitrogens with zero attached hydrogens (tertiary/aromatic N) is 1. The van der Waals surface area contributed by atoms with Crippen LogP contribution in [-0.2, 0) is 0 Å². The largest absolute Gasteiger partial charge is 0.340 e. The van der Waals surface area contributed by atoms with Crippen LogP contribution in [0.25, 0.3) is 0 Å². The molecule has 1 aromatic carbocycles. The van der Waals surface area contributed by atoms with Gasteiger partial charge in [-0.2, -0.15) is 0 Å². The number of hydrogen-bond donors (Lipinski definition) is 1. The van der Waals surface area contributed by atoms with Crippen LogP contribution in [0.15, 0.2) is 24.3 Å². The lowest BCUT2D eigenvalue weighted by Crippen LogP contribution is -2.31. The summed E-state index contributed by atoms with van der Waals surface area (Å²) in [5.41, 5.74) is 7.25. The Labute approximate surface area is 98.3 Å². The Morgan fingerprint density at radius 1 is 1.25 bits per heavy atom. The van der Waals surface area contributed by atoms with Crippen molar-refractivity contribution in [3.63, 3.8) is 0 Å². The van der Waals surface area contributed by atoms with Crippen molar-refractivity contribution in [2.45, 2.75) is 20.8 Å². The molecule has 0 spiro atoms. The minimum atomic E-state index is 0.0236. The normalized spacial score (nSPS) is 9.06. The maximum atomic E-state index is 11.7. The lowest BCUT2D eigenvalue weighted by atomic mass is 10.1. The molecule has 0 saturated carbocycles. The number of rotatable bonds is 3. The SMILES string of the molecule is CC.Cc1ccc(C(=O)N(C)CCN)cc1. The third-order valence-electron chi connectivity index (χ3n) is 2.11. The van der Waals surface area contributed by atoms with E-state index in [0.717, 1.165) is 5.56 Å². The van der Waals surface area contributed by atoms with Gasteiger partial charge in [0.05, 0.1) is 0 Å². The molecule has 0 unspecified atom stereocenters. The van der Waals surface area contributed by atoms with Crippen molar-refractivity contribution < 1.29 is 4.79 Å². The third kappa shape index (κ3) is 4.45. The predicted octanol–water partition coefficient (Wildman–Crippen LogP) is 2.05. The van der Waals surface area contributed by atoms with Crippen molar-refractivity contribution in [3.05, 3.63) is 35.4 Å². The van der Waals surface area contributed by atoms with Gasteiger partial charge in [0.1, 0.15) is 0 Å². The first kappa shape index (κ1) is 14.6. The van der Waals surface area contributed by atoms with E-state index in [1.165, 1.54) is 0 Å². The summed E-state index contributed by atoms with van der Waals surface area (Å²) in [4.78, 5) is 13.3. The highest BCUT2D eigenvalue weighted by Gasteiger charge is 2.09. The van der Waals surface area contributed by atoms with Crippen LogP contribution in [0.5, 0.6) is 0 Å². The number of hydrogen-bond acceptors (Lipinski definition) is 2. The van der Waals surface area contributed by atoms with Crippen LogP contribution in [0, 0.1) is 6.92 Å². The van der Waals surface area contributed by atoms with Gasteiger partial charge in [0.2, 0.25) is 0 Å².